The van der Waals surface area contributed by atoms with E-state index in [1.165, 1.54) is 0 Å². The Morgan fingerprint density at radius 2 is 1.71 bits per heavy atom. The van der Waals surface area contributed by atoms with Crippen LogP contribution in [0.4, 0.5) is 11.6 Å². The fourth-order valence-corrected chi connectivity index (χ4v) is 6.18. The van der Waals surface area contributed by atoms with Crippen molar-refractivity contribution in [1.82, 2.24) is 9.97 Å². The molecular weight excluding hydrogens is 552 g/mol. The number of benzene rings is 3. The minimum Gasteiger partial charge on any atom is -0.497 e. The smallest absolute Gasteiger partial charge is 0.264 e. The summed E-state index contributed by atoms with van der Waals surface area (Å²) in [7, 11) is -0.722. The number of hydrogen-bond acceptors (Lipinski definition) is 8. The molecule has 220 valence electrons. The summed E-state index contributed by atoms with van der Waals surface area (Å²) >= 11 is 0. The highest BCUT2D eigenvalue weighted by molar-refractivity contribution is 7.92. The van der Waals surface area contributed by atoms with Crippen molar-refractivity contribution in [1.29, 1.82) is 0 Å². The number of fused-ring (bicyclic) bond motifs is 4. The highest BCUT2D eigenvalue weighted by Gasteiger charge is 2.22. The van der Waals surface area contributed by atoms with Crippen molar-refractivity contribution in [3.05, 3.63) is 83.4 Å². The minimum absolute atomic E-state index is 0.0564. The summed E-state index contributed by atoms with van der Waals surface area (Å²) in [6.07, 6.45) is 1.39. The number of ether oxygens (including phenoxy) is 3. The van der Waals surface area contributed by atoms with Crippen LogP contribution in [0, 0.1) is 12.8 Å². The zero-order valence-corrected chi connectivity index (χ0v) is 25.3. The van der Waals surface area contributed by atoms with Gasteiger partial charge in [0.05, 0.1) is 30.9 Å². The summed E-state index contributed by atoms with van der Waals surface area (Å²) in [5, 5.41) is 3.44. The Bertz CT molecular complexity index is 1670. The molecule has 0 spiro atoms. The maximum absolute atomic E-state index is 13.4. The molecule has 5 rings (SSSR count). The SMILES string of the molecule is COc1cc(Cc2cccc(C)c2-c2cc3nc(n2)NS(=O)(=O)c2cccc(c2)N[C@H](CC(C)C)CO3)cc(OC)c1. The minimum atomic E-state index is -3.97. The summed E-state index contributed by atoms with van der Waals surface area (Å²) in [6.45, 7) is 6.63. The van der Waals surface area contributed by atoms with Gasteiger partial charge >= 0.3 is 0 Å². The van der Waals surface area contributed by atoms with Gasteiger partial charge in [-0.05, 0) is 72.7 Å². The third-order valence-electron chi connectivity index (χ3n) is 7.05. The molecule has 42 heavy (non-hydrogen) atoms. The van der Waals surface area contributed by atoms with Crippen LogP contribution in [0.1, 0.15) is 37.0 Å². The van der Waals surface area contributed by atoms with E-state index in [9.17, 15) is 8.42 Å². The van der Waals surface area contributed by atoms with Gasteiger partial charge in [-0.25, -0.2) is 18.1 Å². The van der Waals surface area contributed by atoms with E-state index in [0.29, 0.717) is 41.8 Å². The number of anilines is 2. The largest absolute Gasteiger partial charge is 0.497 e. The van der Waals surface area contributed by atoms with Crippen molar-refractivity contribution in [2.75, 3.05) is 30.9 Å². The standard InChI is InChI=1S/C32H36N4O5S/c1-20(2)12-25-19-41-30-18-29(34-32(35-30)36-42(37,38)28-11-7-10-24(16-28)33-25)31-21(3)8-6-9-23(31)13-22-14-26(39-4)17-27(15-22)40-5/h6-11,14-18,20,25,33H,12-13,19H2,1-5H3,(H,34,35,36)/t25-/m1/s1. The first-order chi connectivity index (χ1) is 20.1. The molecule has 0 aliphatic carbocycles. The normalized spacial score (nSPS) is 15.8. The van der Waals surface area contributed by atoms with E-state index < -0.39 is 10.0 Å². The van der Waals surface area contributed by atoms with Crippen molar-refractivity contribution < 1.29 is 22.6 Å². The Kier molecular flexibility index (Phi) is 8.54. The Labute approximate surface area is 247 Å². The van der Waals surface area contributed by atoms with Crippen molar-refractivity contribution >= 4 is 21.7 Å². The molecule has 9 nitrogen and oxygen atoms in total. The molecule has 0 unspecified atom stereocenters. The van der Waals surface area contributed by atoms with Crippen LogP contribution in [0.3, 0.4) is 0 Å². The summed E-state index contributed by atoms with van der Waals surface area (Å²) in [5.74, 6) is 2.02. The van der Waals surface area contributed by atoms with Crippen LogP contribution < -0.4 is 24.2 Å². The number of aryl methyl sites for hydroxylation is 1. The predicted molar refractivity (Wildman–Crippen MR) is 164 cm³/mol. The lowest BCUT2D eigenvalue weighted by Crippen LogP contribution is -2.29. The van der Waals surface area contributed by atoms with Crippen LogP contribution in [0.25, 0.3) is 11.3 Å². The zero-order chi connectivity index (χ0) is 29.9. The number of nitrogens with one attached hydrogen (secondary N) is 2. The maximum atomic E-state index is 13.4. The van der Waals surface area contributed by atoms with Gasteiger partial charge in [-0.2, -0.15) is 4.98 Å². The fraction of sp³-hybridized carbons (Fsp3) is 0.312. The Morgan fingerprint density at radius 1 is 0.976 bits per heavy atom. The topological polar surface area (TPSA) is 112 Å². The van der Waals surface area contributed by atoms with Gasteiger partial charge in [-0.3, -0.25) is 0 Å². The molecule has 2 N–H and O–H groups in total. The number of aromatic nitrogens is 2. The molecule has 4 aromatic rings. The quantitative estimate of drug-likeness (QED) is 0.267. The molecule has 10 heteroatoms. The van der Waals surface area contributed by atoms with Crippen LogP contribution in [0.5, 0.6) is 17.4 Å². The molecule has 4 bridgehead atoms. The summed E-state index contributed by atoms with van der Waals surface area (Å²) < 4.78 is 46.5. The van der Waals surface area contributed by atoms with Crippen molar-refractivity contribution in [3.63, 3.8) is 0 Å². The Morgan fingerprint density at radius 3 is 2.43 bits per heavy atom. The molecule has 0 saturated heterocycles. The van der Waals surface area contributed by atoms with Crippen LogP contribution in [0.2, 0.25) is 0 Å². The van der Waals surface area contributed by atoms with Gasteiger partial charge in [-0.15, -0.1) is 0 Å². The molecular formula is C32H36N4O5S. The van der Waals surface area contributed by atoms with Crippen LogP contribution in [-0.2, 0) is 16.4 Å². The second-order valence-electron chi connectivity index (χ2n) is 10.8. The molecule has 1 atom stereocenters. The zero-order valence-electron chi connectivity index (χ0n) is 24.5. The van der Waals surface area contributed by atoms with Crippen LogP contribution in [-0.4, -0.2) is 45.3 Å². The van der Waals surface area contributed by atoms with Gasteiger partial charge in [0.25, 0.3) is 10.0 Å². The first-order valence-electron chi connectivity index (χ1n) is 13.9. The van der Waals surface area contributed by atoms with Gasteiger partial charge in [0.15, 0.2) is 0 Å². The molecule has 1 aliphatic rings. The summed E-state index contributed by atoms with van der Waals surface area (Å²) in [6, 6.07) is 20.3. The van der Waals surface area contributed by atoms with E-state index in [1.807, 2.05) is 49.4 Å². The van der Waals surface area contributed by atoms with E-state index >= 15 is 0 Å². The van der Waals surface area contributed by atoms with Crippen LogP contribution >= 0.6 is 0 Å². The van der Waals surface area contributed by atoms with E-state index in [1.54, 1.807) is 38.5 Å². The number of hydrogen-bond donors (Lipinski definition) is 2. The number of nitrogens with zero attached hydrogens (tertiary/aromatic N) is 2. The molecule has 1 aliphatic heterocycles. The Balaban J connectivity index is 1.60. The van der Waals surface area contributed by atoms with E-state index in [4.69, 9.17) is 14.2 Å². The van der Waals surface area contributed by atoms with Crippen LogP contribution in [0.15, 0.2) is 71.6 Å². The second kappa shape index (κ2) is 12.3. The van der Waals surface area contributed by atoms with E-state index in [-0.39, 0.29) is 22.8 Å². The van der Waals surface area contributed by atoms with Crippen molar-refractivity contribution in [2.24, 2.45) is 5.92 Å². The lowest BCUT2D eigenvalue weighted by molar-refractivity contribution is 0.271. The highest BCUT2D eigenvalue weighted by atomic mass is 32.2. The van der Waals surface area contributed by atoms with Gasteiger partial charge in [-0.1, -0.05) is 38.1 Å². The third kappa shape index (κ3) is 6.76. The summed E-state index contributed by atoms with van der Waals surface area (Å²) in [5.41, 5.74) is 5.11. The van der Waals surface area contributed by atoms with Gasteiger partial charge in [0.2, 0.25) is 11.8 Å². The van der Waals surface area contributed by atoms with Crippen molar-refractivity contribution in [3.8, 4) is 28.6 Å². The monoisotopic (exact) mass is 588 g/mol. The van der Waals surface area contributed by atoms with Gasteiger partial charge < -0.3 is 19.5 Å². The highest BCUT2D eigenvalue weighted by Crippen LogP contribution is 2.33. The molecule has 3 aromatic carbocycles. The first-order valence-corrected chi connectivity index (χ1v) is 15.3. The molecule has 0 radical (unpaired) electrons. The van der Waals surface area contributed by atoms with Gasteiger partial charge in [0, 0.05) is 23.4 Å². The number of rotatable bonds is 7. The molecule has 1 aromatic heterocycles. The number of sulfonamides is 1. The molecule has 0 fully saturated rings. The first kappa shape index (κ1) is 29.2. The van der Waals surface area contributed by atoms with Gasteiger partial charge in [0.1, 0.15) is 18.1 Å². The Hall–Kier alpha value is -4.31. The average molecular weight is 589 g/mol. The van der Waals surface area contributed by atoms with E-state index in [0.717, 1.165) is 28.7 Å². The second-order valence-corrected chi connectivity index (χ2v) is 12.5. The fourth-order valence-electron chi connectivity index (χ4n) is 5.19. The molecule has 0 amide bonds. The van der Waals surface area contributed by atoms with E-state index in [2.05, 4.69) is 33.9 Å². The lowest BCUT2D eigenvalue weighted by atomic mass is 9.94. The molecule has 0 saturated carbocycles. The number of methoxy groups -OCH3 is 2. The lowest BCUT2D eigenvalue weighted by Gasteiger charge is -2.23. The summed E-state index contributed by atoms with van der Waals surface area (Å²) in [4.78, 5) is 9.26. The third-order valence-corrected chi connectivity index (χ3v) is 8.38. The predicted octanol–water partition coefficient (Wildman–Crippen LogP) is 6.08. The average Bonchev–Trinajstić information content (AvgIpc) is 2.95. The van der Waals surface area contributed by atoms with Crippen molar-refractivity contribution in [2.45, 2.75) is 44.6 Å². The molecule has 2 heterocycles. The maximum Gasteiger partial charge on any atom is 0.264 e.